The average Bonchev–Trinajstić information content (AvgIpc) is 2.53. The molecule has 0 radical (unpaired) electrons. The molecule has 126 valence electrons. The van der Waals surface area contributed by atoms with Gasteiger partial charge in [-0.05, 0) is 6.92 Å². The standard InChI is InChI=1S/C16H11F6N2/c1-4-6-5(2)23-15-11(19)7-8(12(20)16(15)24(6)3)10(18)14(22)13(21)9(7)17/h4H2,1-3H3/q+1. The van der Waals surface area contributed by atoms with E-state index in [2.05, 4.69) is 4.98 Å². The van der Waals surface area contributed by atoms with Gasteiger partial charge in [-0.15, -0.1) is 0 Å². The van der Waals surface area contributed by atoms with Crippen LogP contribution in [0.3, 0.4) is 0 Å². The van der Waals surface area contributed by atoms with Crippen molar-refractivity contribution in [2.24, 2.45) is 7.05 Å². The van der Waals surface area contributed by atoms with Gasteiger partial charge in [0.15, 0.2) is 34.6 Å². The van der Waals surface area contributed by atoms with E-state index >= 15 is 0 Å². The lowest BCUT2D eigenvalue weighted by atomic mass is 10.0. The Hall–Kier alpha value is -2.38. The molecule has 0 atom stereocenters. The summed E-state index contributed by atoms with van der Waals surface area (Å²) in [5, 5.41) is -2.58. The first-order valence-electron chi connectivity index (χ1n) is 7.04. The van der Waals surface area contributed by atoms with Crippen molar-refractivity contribution in [2.45, 2.75) is 20.3 Å². The molecule has 0 amide bonds. The molecule has 0 aliphatic rings. The van der Waals surface area contributed by atoms with Crippen molar-refractivity contribution in [1.29, 1.82) is 0 Å². The lowest BCUT2D eigenvalue weighted by Gasteiger charge is -2.11. The summed E-state index contributed by atoms with van der Waals surface area (Å²) in [6.45, 7) is 3.29. The molecule has 0 aliphatic heterocycles. The van der Waals surface area contributed by atoms with Crippen molar-refractivity contribution in [2.75, 3.05) is 0 Å². The van der Waals surface area contributed by atoms with Crippen LogP contribution in [0.2, 0.25) is 0 Å². The third-order valence-corrected chi connectivity index (χ3v) is 4.12. The van der Waals surface area contributed by atoms with Crippen LogP contribution in [0.5, 0.6) is 0 Å². The highest BCUT2D eigenvalue weighted by molar-refractivity contribution is 5.96. The monoisotopic (exact) mass is 345 g/mol. The number of hydrogen-bond donors (Lipinski definition) is 0. The third kappa shape index (κ3) is 1.91. The average molecular weight is 345 g/mol. The van der Waals surface area contributed by atoms with Gasteiger partial charge >= 0.3 is 0 Å². The molecule has 0 spiro atoms. The zero-order valence-corrected chi connectivity index (χ0v) is 12.9. The minimum Gasteiger partial charge on any atom is -0.237 e. The van der Waals surface area contributed by atoms with Crippen molar-refractivity contribution in [3.8, 4) is 0 Å². The number of rotatable bonds is 1. The van der Waals surface area contributed by atoms with Crippen LogP contribution in [0.4, 0.5) is 26.3 Å². The molecule has 0 bridgehead atoms. The van der Waals surface area contributed by atoms with Crippen LogP contribution in [-0.4, -0.2) is 4.98 Å². The maximum atomic E-state index is 14.8. The topological polar surface area (TPSA) is 16.8 Å². The Labute approximate surface area is 132 Å². The van der Waals surface area contributed by atoms with E-state index in [-0.39, 0.29) is 0 Å². The first-order chi connectivity index (χ1) is 11.2. The fourth-order valence-electron chi connectivity index (χ4n) is 3.00. The maximum absolute atomic E-state index is 14.8. The van der Waals surface area contributed by atoms with Gasteiger partial charge in [-0.25, -0.2) is 26.9 Å². The van der Waals surface area contributed by atoms with Gasteiger partial charge in [0.05, 0.1) is 10.8 Å². The van der Waals surface area contributed by atoms with E-state index in [1.165, 1.54) is 11.6 Å². The molecule has 2 aromatic carbocycles. The number of aryl methyl sites for hydroxylation is 2. The van der Waals surface area contributed by atoms with Crippen molar-refractivity contribution in [3.05, 3.63) is 46.3 Å². The second kappa shape index (κ2) is 5.32. The van der Waals surface area contributed by atoms with Gasteiger partial charge in [-0.1, -0.05) is 6.92 Å². The highest BCUT2D eigenvalue weighted by Crippen LogP contribution is 2.34. The summed E-state index contributed by atoms with van der Waals surface area (Å²) in [5.41, 5.74) is -0.148. The van der Waals surface area contributed by atoms with Crippen LogP contribution < -0.4 is 4.57 Å². The van der Waals surface area contributed by atoms with Crippen LogP contribution >= 0.6 is 0 Å². The van der Waals surface area contributed by atoms with E-state index in [1.54, 1.807) is 13.8 Å². The van der Waals surface area contributed by atoms with E-state index in [0.29, 0.717) is 17.8 Å². The fraction of sp³-hybridized carbons (Fsp3) is 0.250. The summed E-state index contributed by atoms with van der Waals surface area (Å²) in [6.07, 6.45) is 0.416. The molecule has 0 saturated carbocycles. The molecule has 3 rings (SSSR count). The Morgan fingerprint density at radius 2 is 1.29 bits per heavy atom. The lowest BCUT2D eigenvalue weighted by molar-refractivity contribution is -0.654. The number of nitrogens with zero attached hydrogens (tertiary/aromatic N) is 2. The van der Waals surface area contributed by atoms with Gasteiger partial charge in [0.2, 0.25) is 11.5 Å². The number of halogens is 6. The van der Waals surface area contributed by atoms with Crippen LogP contribution in [0.15, 0.2) is 0 Å². The van der Waals surface area contributed by atoms with Crippen LogP contribution in [0, 0.1) is 41.8 Å². The number of hydrogen-bond acceptors (Lipinski definition) is 1. The van der Waals surface area contributed by atoms with Gasteiger partial charge in [0, 0.05) is 6.42 Å². The first-order valence-corrected chi connectivity index (χ1v) is 7.04. The van der Waals surface area contributed by atoms with E-state index in [0.717, 1.165) is 0 Å². The minimum atomic E-state index is -2.20. The molecule has 2 nitrogen and oxygen atoms in total. The molecule has 1 heterocycles. The molecule has 24 heavy (non-hydrogen) atoms. The largest absolute Gasteiger partial charge is 0.271 e. The van der Waals surface area contributed by atoms with Crippen molar-refractivity contribution < 1.29 is 30.9 Å². The first kappa shape index (κ1) is 16.5. The molecule has 1 aromatic heterocycles. The smallest absolute Gasteiger partial charge is 0.237 e. The van der Waals surface area contributed by atoms with E-state index < -0.39 is 56.7 Å². The van der Waals surface area contributed by atoms with Gasteiger partial charge in [-0.3, -0.25) is 0 Å². The molecular formula is C16H11F6N2+. The summed E-state index contributed by atoms with van der Waals surface area (Å²) < 4.78 is 85.4. The molecule has 0 fully saturated rings. The van der Waals surface area contributed by atoms with E-state index in [9.17, 15) is 26.3 Å². The normalized spacial score (nSPS) is 11.7. The number of benzene rings is 2. The quantitative estimate of drug-likeness (QED) is 0.215. The molecule has 0 N–H and O–H groups in total. The Morgan fingerprint density at radius 3 is 1.79 bits per heavy atom. The zero-order valence-electron chi connectivity index (χ0n) is 12.9. The fourth-order valence-corrected chi connectivity index (χ4v) is 3.00. The van der Waals surface area contributed by atoms with Crippen molar-refractivity contribution >= 4 is 21.8 Å². The predicted molar refractivity (Wildman–Crippen MR) is 74.3 cm³/mol. The number of aromatic nitrogens is 2. The number of fused-ring (bicyclic) bond motifs is 2. The summed E-state index contributed by atoms with van der Waals surface area (Å²) in [6, 6.07) is 0. The predicted octanol–water partition coefficient (Wildman–Crippen LogP) is 3.92. The van der Waals surface area contributed by atoms with Crippen LogP contribution in [-0.2, 0) is 13.5 Å². The highest BCUT2D eigenvalue weighted by atomic mass is 19.2. The zero-order chi connectivity index (χ0) is 17.9. The van der Waals surface area contributed by atoms with Gasteiger partial charge in [0.1, 0.15) is 12.7 Å². The molecule has 0 aliphatic carbocycles. The molecule has 0 saturated heterocycles. The molecule has 0 unspecified atom stereocenters. The highest BCUT2D eigenvalue weighted by Gasteiger charge is 2.32. The van der Waals surface area contributed by atoms with Gasteiger partial charge in [0.25, 0.3) is 5.52 Å². The molecular weight excluding hydrogens is 334 g/mol. The summed E-state index contributed by atoms with van der Waals surface area (Å²) in [5.74, 6) is -11.2. The van der Waals surface area contributed by atoms with Gasteiger partial charge in [-0.2, -0.15) is 8.96 Å². The Balaban J connectivity index is 2.73. The lowest BCUT2D eigenvalue weighted by Crippen LogP contribution is -2.37. The molecule has 3 aromatic rings. The Morgan fingerprint density at radius 1 is 0.792 bits per heavy atom. The second-order valence-corrected chi connectivity index (χ2v) is 5.39. The summed E-state index contributed by atoms with van der Waals surface area (Å²) in [7, 11) is 1.40. The maximum Gasteiger partial charge on any atom is 0.271 e. The summed E-state index contributed by atoms with van der Waals surface area (Å²) >= 11 is 0. The minimum absolute atomic E-state index is 0.355. The van der Waals surface area contributed by atoms with Crippen molar-refractivity contribution in [1.82, 2.24) is 4.98 Å². The van der Waals surface area contributed by atoms with E-state index in [1.807, 2.05) is 0 Å². The Bertz CT molecular complexity index is 1030. The molecule has 8 heteroatoms. The summed E-state index contributed by atoms with van der Waals surface area (Å²) in [4.78, 5) is 3.90. The second-order valence-electron chi connectivity index (χ2n) is 5.39. The third-order valence-electron chi connectivity index (χ3n) is 4.12. The van der Waals surface area contributed by atoms with Gasteiger partial charge < -0.3 is 0 Å². The van der Waals surface area contributed by atoms with Crippen LogP contribution in [0.25, 0.3) is 21.8 Å². The van der Waals surface area contributed by atoms with Crippen molar-refractivity contribution in [3.63, 3.8) is 0 Å². The van der Waals surface area contributed by atoms with Crippen LogP contribution in [0.1, 0.15) is 18.3 Å². The SMILES string of the molecule is CCc1c(C)nc2c(F)c3c(F)c(F)c(F)c(F)c3c(F)c2[n+]1C. The van der Waals surface area contributed by atoms with E-state index in [4.69, 9.17) is 0 Å². The Kier molecular flexibility index (Phi) is 3.65.